The minimum absolute atomic E-state index is 0.286. The van der Waals surface area contributed by atoms with Crippen LogP contribution in [0, 0.1) is 5.92 Å². The Balaban J connectivity index is 1.54. The second-order valence-electron chi connectivity index (χ2n) is 6.39. The number of aliphatic hydroxyl groups excluding tert-OH is 2. The molecule has 0 spiro atoms. The van der Waals surface area contributed by atoms with Crippen LogP contribution in [-0.2, 0) is 16.1 Å². The Morgan fingerprint density at radius 1 is 1.04 bits per heavy atom. The average Bonchev–Trinajstić information content (AvgIpc) is 3.02. The molecule has 0 unspecified atom stereocenters. The molecule has 4 atom stereocenters. The number of nitrogens with one attached hydrogen (secondary N) is 1. The second kappa shape index (κ2) is 8.76. The van der Waals surface area contributed by atoms with Crippen LogP contribution in [0.1, 0.15) is 17.2 Å². The van der Waals surface area contributed by atoms with Crippen molar-refractivity contribution < 1.29 is 19.7 Å². The standard InChI is InChI=1S/C21H23NO4/c23-19-12-11-18(17(19)14-26-13-15-7-3-1-4-8-15)22-21(25)20(24)16-9-5-2-6-10-16/h1-12,17-20,23-24H,13-14H2,(H,22,25)/t17-,18+,19-,20+/m1/s1. The zero-order valence-corrected chi connectivity index (χ0v) is 14.4. The number of ether oxygens (including phenoxy) is 1. The molecule has 3 rings (SSSR count). The molecule has 0 saturated heterocycles. The normalized spacial score (nSPS) is 22.9. The Morgan fingerprint density at radius 3 is 2.38 bits per heavy atom. The molecule has 0 aromatic heterocycles. The molecular formula is C21H23NO4. The largest absolute Gasteiger partial charge is 0.389 e. The monoisotopic (exact) mass is 353 g/mol. The first-order chi connectivity index (χ1) is 12.6. The van der Waals surface area contributed by atoms with Gasteiger partial charge in [0.15, 0.2) is 6.10 Å². The topological polar surface area (TPSA) is 78.8 Å². The lowest BCUT2D eigenvalue weighted by Crippen LogP contribution is -2.43. The van der Waals surface area contributed by atoms with Crippen molar-refractivity contribution in [3.63, 3.8) is 0 Å². The summed E-state index contributed by atoms with van der Waals surface area (Å²) in [6, 6.07) is 18.1. The minimum Gasteiger partial charge on any atom is -0.389 e. The first-order valence-corrected chi connectivity index (χ1v) is 8.66. The van der Waals surface area contributed by atoms with Crippen molar-refractivity contribution in [3.8, 4) is 0 Å². The molecule has 1 aliphatic rings. The second-order valence-corrected chi connectivity index (χ2v) is 6.39. The van der Waals surface area contributed by atoms with Gasteiger partial charge in [-0.1, -0.05) is 72.8 Å². The Morgan fingerprint density at radius 2 is 1.69 bits per heavy atom. The lowest BCUT2D eigenvalue weighted by Gasteiger charge is -2.24. The van der Waals surface area contributed by atoms with Gasteiger partial charge in [-0.3, -0.25) is 4.79 Å². The van der Waals surface area contributed by atoms with Crippen molar-refractivity contribution in [2.75, 3.05) is 6.61 Å². The number of carbonyl (C=O) groups excluding carboxylic acids is 1. The minimum atomic E-state index is -1.24. The van der Waals surface area contributed by atoms with Crippen LogP contribution in [0.5, 0.6) is 0 Å². The highest BCUT2D eigenvalue weighted by atomic mass is 16.5. The highest BCUT2D eigenvalue weighted by Crippen LogP contribution is 2.22. The van der Waals surface area contributed by atoms with Crippen molar-refractivity contribution in [1.29, 1.82) is 0 Å². The van der Waals surface area contributed by atoms with Gasteiger partial charge >= 0.3 is 0 Å². The van der Waals surface area contributed by atoms with Gasteiger partial charge < -0.3 is 20.3 Å². The molecule has 5 nitrogen and oxygen atoms in total. The highest BCUT2D eigenvalue weighted by molar-refractivity contribution is 5.82. The van der Waals surface area contributed by atoms with Gasteiger partial charge in [0.1, 0.15) is 0 Å². The number of amides is 1. The molecule has 0 aliphatic heterocycles. The van der Waals surface area contributed by atoms with E-state index in [1.54, 1.807) is 36.4 Å². The fourth-order valence-corrected chi connectivity index (χ4v) is 3.01. The predicted octanol–water partition coefficient (Wildman–Crippen LogP) is 1.97. The molecule has 1 aliphatic carbocycles. The summed E-state index contributed by atoms with van der Waals surface area (Å²) in [5.41, 5.74) is 1.58. The SMILES string of the molecule is O=C(N[C@H]1C=C[C@@H](O)[C@@H]1COCc1ccccc1)[C@@H](O)c1ccccc1. The number of hydrogen-bond donors (Lipinski definition) is 3. The summed E-state index contributed by atoms with van der Waals surface area (Å²) in [6.07, 6.45) is 1.46. The summed E-state index contributed by atoms with van der Waals surface area (Å²) in [6.45, 7) is 0.743. The molecule has 2 aromatic rings. The molecule has 2 aromatic carbocycles. The van der Waals surface area contributed by atoms with E-state index in [4.69, 9.17) is 4.74 Å². The average molecular weight is 353 g/mol. The summed E-state index contributed by atoms with van der Waals surface area (Å²) in [5.74, 6) is -0.779. The quantitative estimate of drug-likeness (QED) is 0.665. The van der Waals surface area contributed by atoms with Crippen molar-refractivity contribution in [3.05, 3.63) is 83.9 Å². The van der Waals surface area contributed by atoms with E-state index in [1.165, 1.54) is 0 Å². The maximum atomic E-state index is 12.3. The fraction of sp³-hybridized carbons (Fsp3) is 0.286. The predicted molar refractivity (Wildman–Crippen MR) is 98.1 cm³/mol. The molecule has 26 heavy (non-hydrogen) atoms. The van der Waals surface area contributed by atoms with Gasteiger partial charge in [0.25, 0.3) is 5.91 Å². The molecule has 5 heteroatoms. The van der Waals surface area contributed by atoms with Gasteiger partial charge in [0, 0.05) is 5.92 Å². The van der Waals surface area contributed by atoms with E-state index in [2.05, 4.69) is 5.32 Å². The Labute approximate surface area is 152 Å². The summed E-state index contributed by atoms with van der Waals surface area (Å²) in [7, 11) is 0. The molecule has 0 radical (unpaired) electrons. The molecule has 0 bridgehead atoms. The van der Waals surface area contributed by atoms with E-state index >= 15 is 0 Å². The van der Waals surface area contributed by atoms with Gasteiger partial charge in [-0.05, 0) is 11.1 Å². The van der Waals surface area contributed by atoms with Crippen LogP contribution < -0.4 is 5.32 Å². The lowest BCUT2D eigenvalue weighted by molar-refractivity contribution is -0.130. The van der Waals surface area contributed by atoms with E-state index in [-0.39, 0.29) is 12.0 Å². The number of benzene rings is 2. The first-order valence-electron chi connectivity index (χ1n) is 8.66. The third kappa shape index (κ3) is 4.58. The van der Waals surface area contributed by atoms with E-state index in [9.17, 15) is 15.0 Å². The Kier molecular flexibility index (Phi) is 6.17. The Hall–Kier alpha value is -2.47. The van der Waals surface area contributed by atoms with Crippen LogP contribution in [0.4, 0.5) is 0 Å². The Bertz CT molecular complexity index is 732. The summed E-state index contributed by atoms with van der Waals surface area (Å²) < 4.78 is 5.72. The molecular weight excluding hydrogens is 330 g/mol. The summed E-state index contributed by atoms with van der Waals surface area (Å²) in [5, 5.41) is 23.1. The van der Waals surface area contributed by atoms with Crippen molar-refractivity contribution in [1.82, 2.24) is 5.32 Å². The van der Waals surface area contributed by atoms with Crippen LogP contribution in [0.3, 0.4) is 0 Å². The maximum Gasteiger partial charge on any atom is 0.253 e. The molecule has 0 fully saturated rings. The summed E-state index contributed by atoms with van der Waals surface area (Å²) >= 11 is 0. The van der Waals surface area contributed by atoms with Crippen LogP contribution >= 0.6 is 0 Å². The number of carbonyl (C=O) groups is 1. The van der Waals surface area contributed by atoms with Gasteiger partial charge in [-0.15, -0.1) is 0 Å². The van der Waals surface area contributed by atoms with Crippen LogP contribution in [0.2, 0.25) is 0 Å². The number of hydrogen-bond acceptors (Lipinski definition) is 4. The summed E-state index contributed by atoms with van der Waals surface area (Å²) in [4.78, 5) is 12.3. The fourth-order valence-electron chi connectivity index (χ4n) is 3.01. The van der Waals surface area contributed by atoms with Gasteiger partial charge in [-0.25, -0.2) is 0 Å². The molecule has 0 heterocycles. The number of aliphatic hydroxyl groups is 2. The highest BCUT2D eigenvalue weighted by Gasteiger charge is 2.33. The van der Waals surface area contributed by atoms with Crippen molar-refractivity contribution in [2.24, 2.45) is 5.92 Å². The van der Waals surface area contributed by atoms with Gasteiger partial charge in [-0.2, -0.15) is 0 Å². The molecule has 0 saturated carbocycles. The third-order valence-electron chi connectivity index (χ3n) is 4.51. The smallest absolute Gasteiger partial charge is 0.253 e. The van der Waals surface area contributed by atoms with E-state index in [0.29, 0.717) is 18.8 Å². The molecule has 136 valence electrons. The molecule has 3 N–H and O–H groups in total. The maximum absolute atomic E-state index is 12.3. The van der Waals surface area contributed by atoms with E-state index < -0.39 is 18.1 Å². The molecule has 1 amide bonds. The van der Waals surface area contributed by atoms with Crippen LogP contribution in [-0.4, -0.2) is 34.9 Å². The number of rotatable bonds is 7. The first kappa shape index (κ1) is 18.3. The van der Waals surface area contributed by atoms with Crippen LogP contribution in [0.25, 0.3) is 0 Å². The van der Waals surface area contributed by atoms with Crippen molar-refractivity contribution in [2.45, 2.75) is 24.9 Å². The van der Waals surface area contributed by atoms with Crippen LogP contribution in [0.15, 0.2) is 72.8 Å². The van der Waals surface area contributed by atoms with Crippen molar-refractivity contribution >= 4 is 5.91 Å². The van der Waals surface area contributed by atoms with Gasteiger partial charge in [0.05, 0.1) is 25.4 Å². The zero-order chi connectivity index (χ0) is 18.4. The zero-order valence-electron chi connectivity index (χ0n) is 14.4. The lowest BCUT2D eigenvalue weighted by atomic mass is 10.0. The van der Waals surface area contributed by atoms with E-state index in [0.717, 1.165) is 5.56 Å². The van der Waals surface area contributed by atoms with E-state index in [1.807, 2.05) is 36.4 Å². The van der Waals surface area contributed by atoms with Gasteiger partial charge in [0.2, 0.25) is 0 Å². The third-order valence-corrected chi connectivity index (χ3v) is 4.51.